The zero-order valence-corrected chi connectivity index (χ0v) is 13.8. The fraction of sp³-hybridized carbons (Fsp3) is 0.312. The molecule has 2 rings (SSSR count). The molecule has 21 heavy (non-hydrogen) atoms. The van der Waals surface area contributed by atoms with Crippen LogP contribution in [0.5, 0.6) is 11.5 Å². The molecule has 2 aromatic rings. The summed E-state index contributed by atoms with van der Waals surface area (Å²) in [6.07, 6.45) is 1.51. The third kappa shape index (κ3) is 3.29. The van der Waals surface area contributed by atoms with E-state index in [0.29, 0.717) is 46.1 Å². The Morgan fingerprint density at radius 2 is 1.76 bits per heavy atom. The van der Waals surface area contributed by atoms with Crippen LogP contribution in [-0.2, 0) is 0 Å². The van der Waals surface area contributed by atoms with Crippen molar-refractivity contribution in [3.05, 3.63) is 45.8 Å². The third-order valence-corrected chi connectivity index (χ3v) is 3.64. The maximum absolute atomic E-state index is 12.6. The molecule has 0 aliphatic rings. The van der Waals surface area contributed by atoms with Gasteiger partial charge in [-0.25, -0.2) is 0 Å². The summed E-state index contributed by atoms with van der Waals surface area (Å²) in [5.41, 5.74) is 1.06. The number of rotatable bonds is 6. The van der Waals surface area contributed by atoms with E-state index in [-0.39, 0.29) is 5.78 Å². The first-order valence-corrected chi connectivity index (χ1v) is 7.55. The number of carbonyl (C=O) groups is 1. The molecule has 4 nitrogen and oxygen atoms in total. The van der Waals surface area contributed by atoms with Crippen LogP contribution in [0, 0.1) is 6.92 Å². The molecule has 5 heteroatoms. The van der Waals surface area contributed by atoms with Crippen LogP contribution in [0.1, 0.15) is 35.5 Å². The number of halogens is 1. The molecule has 0 N–H and O–H groups in total. The van der Waals surface area contributed by atoms with Crippen molar-refractivity contribution in [3.63, 3.8) is 0 Å². The van der Waals surface area contributed by atoms with Crippen molar-refractivity contribution in [1.29, 1.82) is 0 Å². The van der Waals surface area contributed by atoms with Gasteiger partial charge in [0.2, 0.25) is 0 Å². The molecule has 0 unspecified atom stereocenters. The molecule has 0 aliphatic carbocycles. The minimum Gasteiger partial charge on any atom is -0.490 e. The Morgan fingerprint density at radius 1 is 1.14 bits per heavy atom. The van der Waals surface area contributed by atoms with Crippen molar-refractivity contribution in [2.24, 2.45) is 0 Å². The second kappa shape index (κ2) is 6.80. The predicted molar refractivity (Wildman–Crippen MR) is 83.4 cm³/mol. The van der Waals surface area contributed by atoms with Crippen LogP contribution in [-0.4, -0.2) is 19.0 Å². The maximum atomic E-state index is 12.6. The summed E-state index contributed by atoms with van der Waals surface area (Å²) in [6.45, 7) is 6.58. The smallest absolute Gasteiger partial charge is 0.197 e. The molecule has 0 saturated carbocycles. The van der Waals surface area contributed by atoms with Crippen LogP contribution in [0.15, 0.2) is 33.4 Å². The first kappa shape index (κ1) is 15.6. The first-order chi connectivity index (χ1) is 10.1. The quantitative estimate of drug-likeness (QED) is 0.723. The van der Waals surface area contributed by atoms with Crippen LogP contribution in [0.4, 0.5) is 0 Å². The van der Waals surface area contributed by atoms with Gasteiger partial charge in [0.25, 0.3) is 0 Å². The number of carbonyl (C=O) groups excluding carboxylic acids is 1. The molecule has 0 spiro atoms. The van der Waals surface area contributed by atoms with Crippen LogP contribution in [0.2, 0.25) is 0 Å². The highest BCUT2D eigenvalue weighted by molar-refractivity contribution is 9.10. The van der Waals surface area contributed by atoms with Gasteiger partial charge in [0.15, 0.2) is 17.3 Å². The second-order valence-electron chi connectivity index (χ2n) is 4.36. The summed E-state index contributed by atoms with van der Waals surface area (Å²) in [6, 6.07) is 5.13. The van der Waals surface area contributed by atoms with Crippen molar-refractivity contribution < 1.29 is 18.7 Å². The molecule has 0 fully saturated rings. The van der Waals surface area contributed by atoms with Crippen molar-refractivity contribution >= 4 is 21.7 Å². The van der Waals surface area contributed by atoms with Crippen LogP contribution in [0.25, 0.3) is 0 Å². The van der Waals surface area contributed by atoms with Gasteiger partial charge in [-0.3, -0.25) is 4.79 Å². The minimum atomic E-state index is -0.114. The molecule has 1 aromatic carbocycles. The monoisotopic (exact) mass is 352 g/mol. The summed E-state index contributed by atoms with van der Waals surface area (Å²) in [5.74, 6) is 1.66. The van der Waals surface area contributed by atoms with Gasteiger partial charge >= 0.3 is 0 Å². The van der Waals surface area contributed by atoms with E-state index in [1.807, 2.05) is 13.8 Å². The Balaban J connectivity index is 2.46. The number of ketones is 1. The van der Waals surface area contributed by atoms with Gasteiger partial charge in [0.1, 0.15) is 5.76 Å². The van der Waals surface area contributed by atoms with Gasteiger partial charge < -0.3 is 13.9 Å². The average Bonchev–Trinajstić information content (AvgIpc) is 2.87. The molecular weight excluding hydrogens is 336 g/mol. The summed E-state index contributed by atoms with van der Waals surface area (Å²) < 4.78 is 17.0. The Bertz CT molecular complexity index is 646. The molecule has 1 aromatic heterocycles. The van der Waals surface area contributed by atoms with Crippen LogP contribution >= 0.6 is 15.9 Å². The summed E-state index contributed by atoms with van der Waals surface area (Å²) in [7, 11) is 0. The number of benzene rings is 1. The standard InChI is InChI=1S/C16H17BrO4/c1-4-19-14-8-12(13(17)9-15(14)20-5-2)16(18)11-6-7-21-10(11)3/h6-9H,4-5H2,1-3H3. The van der Waals surface area contributed by atoms with Crippen molar-refractivity contribution in [1.82, 2.24) is 0 Å². The summed E-state index contributed by atoms with van der Waals surface area (Å²) in [4.78, 5) is 12.6. The number of furan rings is 1. The van der Waals surface area contributed by atoms with Crippen molar-refractivity contribution in [3.8, 4) is 11.5 Å². The normalized spacial score (nSPS) is 10.5. The molecule has 1 heterocycles. The lowest BCUT2D eigenvalue weighted by molar-refractivity contribution is 0.103. The lowest BCUT2D eigenvalue weighted by atomic mass is 10.0. The van der Waals surface area contributed by atoms with Gasteiger partial charge in [-0.2, -0.15) is 0 Å². The highest BCUT2D eigenvalue weighted by Gasteiger charge is 2.20. The van der Waals surface area contributed by atoms with Gasteiger partial charge in [0.05, 0.1) is 25.0 Å². The fourth-order valence-electron chi connectivity index (χ4n) is 2.01. The van der Waals surface area contributed by atoms with Gasteiger partial charge in [-0.1, -0.05) is 0 Å². The lowest BCUT2D eigenvalue weighted by Crippen LogP contribution is -2.05. The SMILES string of the molecule is CCOc1cc(Br)c(C(=O)c2ccoc2C)cc1OCC. The van der Waals surface area contributed by atoms with E-state index in [1.54, 1.807) is 25.1 Å². The maximum Gasteiger partial charge on any atom is 0.197 e. The van der Waals surface area contributed by atoms with E-state index in [0.717, 1.165) is 0 Å². The van der Waals surface area contributed by atoms with Gasteiger partial charge in [-0.05, 0) is 54.9 Å². The molecule has 0 amide bonds. The Morgan fingerprint density at radius 3 is 2.29 bits per heavy atom. The summed E-state index contributed by atoms with van der Waals surface area (Å²) >= 11 is 3.43. The molecule has 112 valence electrons. The number of hydrogen-bond acceptors (Lipinski definition) is 4. The molecule has 0 aliphatic heterocycles. The zero-order chi connectivity index (χ0) is 15.4. The largest absolute Gasteiger partial charge is 0.490 e. The first-order valence-electron chi connectivity index (χ1n) is 6.76. The second-order valence-corrected chi connectivity index (χ2v) is 5.22. The average molecular weight is 353 g/mol. The van der Waals surface area contributed by atoms with Crippen molar-refractivity contribution in [2.75, 3.05) is 13.2 Å². The molecule has 0 saturated heterocycles. The summed E-state index contributed by atoms with van der Waals surface area (Å²) in [5, 5.41) is 0. The Hall–Kier alpha value is -1.75. The number of ether oxygens (including phenoxy) is 2. The molecular formula is C16H17BrO4. The minimum absolute atomic E-state index is 0.114. The number of aryl methyl sites for hydroxylation is 1. The van der Waals surface area contributed by atoms with Crippen LogP contribution < -0.4 is 9.47 Å². The highest BCUT2D eigenvalue weighted by Crippen LogP contribution is 2.35. The number of hydrogen-bond donors (Lipinski definition) is 0. The Labute approximate surface area is 132 Å². The Kier molecular flexibility index (Phi) is 5.07. The van der Waals surface area contributed by atoms with E-state index in [9.17, 15) is 4.79 Å². The third-order valence-electron chi connectivity index (χ3n) is 2.98. The van der Waals surface area contributed by atoms with Gasteiger partial charge in [-0.15, -0.1) is 0 Å². The molecule has 0 bridgehead atoms. The van der Waals surface area contributed by atoms with Crippen molar-refractivity contribution in [2.45, 2.75) is 20.8 Å². The topological polar surface area (TPSA) is 48.7 Å². The van der Waals surface area contributed by atoms with E-state index in [1.165, 1.54) is 6.26 Å². The lowest BCUT2D eigenvalue weighted by Gasteiger charge is -2.13. The van der Waals surface area contributed by atoms with E-state index in [4.69, 9.17) is 13.9 Å². The molecule has 0 atom stereocenters. The predicted octanol–water partition coefficient (Wildman–Crippen LogP) is 4.38. The van der Waals surface area contributed by atoms with E-state index >= 15 is 0 Å². The molecule has 0 radical (unpaired) electrons. The van der Waals surface area contributed by atoms with Crippen LogP contribution in [0.3, 0.4) is 0 Å². The van der Waals surface area contributed by atoms with Gasteiger partial charge in [0, 0.05) is 10.0 Å². The zero-order valence-electron chi connectivity index (χ0n) is 12.2. The van der Waals surface area contributed by atoms with E-state index in [2.05, 4.69) is 15.9 Å². The van der Waals surface area contributed by atoms with E-state index < -0.39 is 0 Å². The fourth-order valence-corrected chi connectivity index (χ4v) is 2.51. The highest BCUT2D eigenvalue weighted by atomic mass is 79.9.